The van der Waals surface area contributed by atoms with Crippen molar-refractivity contribution in [1.29, 1.82) is 0 Å². The van der Waals surface area contributed by atoms with Gasteiger partial charge in [0.25, 0.3) is 5.91 Å². The summed E-state index contributed by atoms with van der Waals surface area (Å²) in [6, 6.07) is 14.3. The van der Waals surface area contributed by atoms with Gasteiger partial charge in [-0.3, -0.25) is 14.6 Å². The summed E-state index contributed by atoms with van der Waals surface area (Å²) in [4.78, 5) is 28.5. The van der Waals surface area contributed by atoms with Crippen molar-refractivity contribution in [2.24, 2.45) is 0 Å². The van der Waals surface area contributed by atoms with Crippen LogP contribution < -0.4 is 10.6 Å². The zero-order valence-electron chi connectivity index (χ0n) is 15.0. The van der Waals surface area contributed by atoms with E-state index in [1.165, 1.54) is 0 Å². The number of carbonyl (C=O) groups is 2. The topological polar surface area (TPSA) is 89.6 Å². The Bertz CT molecular complexity index is 739. The molecule has 0 unspecified atom stereocenters. The predicted molar refractivity (Wildman–Crippen MR) is 99.0 cm³/mol. The molecule has 1 aliphatic rings. The molecule has 3 rings (SSSR count). The van der Waals surface area contributed by atoms with Crippen LogP contribution in [0.4, 0.5) is 0 Å². The maximum atomic E-state index is 12.2. The van der Waals surface area contributed by atoms with E-state index < -0.39 is 0 Å². The molecule has 7 heteroatoms. The number of aromatic nitrogens is 1. The van der Waals surface area contributed by atoms with Crippen molar-refractivity contribution in [2.45, 2.75) is 25.2 Å². The molecule has 1 aromatic heterocycles. The van der Waals surface area contributed by atoms with Gasteiger partial charge in [0.15, 0.2) is 0 Å². The molecule has 0 aliphatic carbocycles. The van der Waals surface area contributed by atoms with Gasteiger partial charge >= 0.3 is 0 Å². The number of amides is 2. The smallest absolute Gasteiger partial charge is 0.251 e. The molecule has 0 radical (unpaired) electrons. The highest BCUT2D eigenvalue weighted by atomic mass is 16.5. The summed E-state index contributed by atoms with van der Waals surface area (Å²) < 4.78 is 11.4. The minimum Gasteiger partial charge on any atom is -0.379 e. The highest BCUT2D eigenvalue weighted by molar-refractivity contribution is 5.96. The molecular weight excluding hydrogens is 346 g/mol. The number of ether oxygens (including phenoxy) is 2. The molecule has 2 atom stereocenters. The summed E-state index contributed by atoms with van der Waals surface area (Å²) in [5, 5.41) is 5.56. The summed E-state index contributed by atoms with van der Waals surface area (Å²) >= 11 is 0. The summed E-state index contributed by atoms with van der Waals surface area (Å²) in [5.74, 6) is -0.529. The van der Waals surface area contributed by atoms with Gasteiger partial charge < -0.3 is 20.1 Å². The average molecular weight is 369 g/mol. The standard InChI is InChI=1S/C20H23N3O4/c24-19(12-22-20(25)15-6-2-1-3-7-15)23-17-9-11-26-14-18(17)27-13-16-8-4-5-10-21-16/h1-8,10,17-18H,9,11-14H2,(H,22,25)(H,23,24)/t17-,18-/m1/s1. The Labute approximate surface area is 158 Å². The number of carbonyl (C=O) groups excluding carboxylic acids is 2. The van der Waals surface area contributed by atoms with Crippen LogP contribution in [0.3, 0.4) is 0 Å². The van der Waals surface area contributed by atoms with Crippen LogP contribution >= 0.6 is 0 Å². The largest absolute Gasteiger partial charge is 0.379 e. The zero-order valence-corrected chi connectivity index (χ0v) is 15.0. The van der Waals surface area contributed by atoms with Crippen LogP contribution in [0.5, 0.6) is 0 Å². The van der Waals surface area contributed by atoms with Crippen LogP contribution in [-0.4, -0.2) is 48.7 Å². The van der Waals surface area contributed by atoms with Crippen molar-refractivity contribution >= 4 is 11.8 Å². The van der Waals surface area contributed by atoms with Gasteiger partial charge in [0.05, 0.1) is 31.5 Å². The average Bonchev–Trinajstić information content (AvgIpc) is 2.73. The molecule has 142 valence electrons. The van der Waals surface area contributed by atoms with E-state index in [1.807, 2.05) is 24.3 Å². The molecular formula is C20H23N3O4. The lowest BCUT2D eigenvalue weighted by molar-refractivity contribution is -0.125. The van der Waals surface area contributed by atoms with Gasteiger partial charge in [0, 0.05) is 18.4 Å². The molecule has 0 bridgehead atoms. The minimum absolute atomic E-state index is 0.0853. The first-order chi connectivity index (χ1) is 13.2. The Hall–Kier alpha value is -2.77. The highest BCUT2D eigenvalue weighted by Crippen LogP contribution is 2.13. The summed E-state index contributed by atoms with van der Waals surface area (Å²) in [6.07, 6.45) is 2.12. The fourth-order valence-corrected chi connectivity index (χ4v) is 2.83. The van der Waals surface area contributed by atoms with Crippen molar-refractivity contribution in [3.8, 4) is 0 Å². The maximum Gasteiger partial charge on any atom is 0.251 e. The molecule has 0 spiro atoms. The fraction of sp³-hybridized carbons (Fsp3) is 0.350. The van der Waals surface area contributed by atoms with Gasteiger partial charge in [0.1, 0.15) is 6.10 Å². The van der Waals surface area contributed by atoms with Gasteiger partial charge in [0.2, 0.25) is 5.91 Å². The Morgan fingerprint density at radius 3 is 2.74 bits per heavy atom. The van der Waals surface area contributed by atoms with Crippen molar-refractivity contribution in [3.63, 3.8) is 0 Å². The first kappa shape index (κ1) is 19.0. The molecule has 1 aliphatic heterocycles. The Balaban J connectivity index is 1.46. The van der Waals surface area contributed by atoms with Crippen LogP contribution in [0.2, 0.25) is 0 Å². The van der Waals surface area contributed by atoms with Crippen molar-refractivity contribution in [3.05, 3.63) is 66.0 Å². The second kappa shape index (κ2) is 9.80. The van der Waals surface area contributed by atoms with Crippen LogP contribution in [0.1, 0.15) is 22.5 Å². The van der Waals surface area contributed by atoms with Gasteiger partial charge in [-0.25, -0.2) is 0 Å². The van der Waals surface area contributed by atoms with E-state index in [-0.39, 0.29) is 30.5 Å². The number of benzene rings is 1. The van der Waals surface area contributed by atoms with Crippen LogP contribution in [0.15, 0.2) is 54.7 Å². The number of rotatable bonds is 7. The highest BCUT2D eigenvalue weighted by Gasteiger charge is 2.28. The zero-order chi connectivity index (χ0) is 18.9. The number of hydrogen-bond acceptors (Lipinski definition) is 5. The number of hydrogen-bond donors (Lipinski definition) is 2. The molecule has 2 N–H and O–H groups in total. The lowest BCUT2D eigenvalue weighted by atomic mass is 10.1. The van der Waals surface area contributed by atoms with Gasteiger partial charge in [-0.1, -0.05) is 24.3 Å². The number of nitrogens with zero attached hydrogens (tertiary/aromatic N) is 1. The van der Waals surface area contributed by atoms with E-state index >= 15 is 0 Å². The third kappa shape index (κ3) is 5.87. The van der Waals surface area contributed by atoms with Crippen molar-refractivity contribution in [2.75, 3.05) is 19.8 Å². The maximum absolute atomic E-state index is 12.2. The molecule has 2 aromatic rings. The Morgan fingerprint density at radius 1 is 1.15 bits per heavy atom. The van der Waals surface area contributed by atoms with Crippen molar-refractivity contribution < 1.29 is 19.1 Å². The molecule has 1 fully saturated rings. The van der Waals surface area contributed by atoms with E-state index in [0.29, 0.717) is 31.8 Å². The summed E-state index contributed by atoms with van der Waals surface area (Å²) in [5.41, 5.74) is 1.34. The van der Waals surface area contributed by atoms with Crippen molar-refractivity contribution in [1.82, 2.24) is 15.6 Å². The predicted octanol–water partition coefficient (Wildman–Crippen LogP) is 1.30. The quantitative estimate of drug-likeness (QED) is 0.768. The SMILES string of the molecule is O=C(CNC(=O)c1ccccc1)N[C@@H]1CCOC[C@H]1OCc1ccccn1. The van der Waals surface area contributed by atoms with Crippen LogP contribution in [0.25, 0.3) is 0 Å². The van der Waals surface area contributed by atoms with Gasteiger partial charge in [-0.05, 0) is 30.7 Å². The normalized spacial score (nSPS) is 19.3. The lowest BCUT2D eigenvalue weighted by Gasteiger charge is -2.32. The van der Waals surface area contributed by atoms with E-state index in [4.69, 9.17) is 9.47 Å². The van der Waals surface area contributed by atoms with E-state index in [0.717, 1.165) is 5.69 Å². The second-order valence-corrected chi connectivity index (χ2v) is 6.26. The lowest BCUT2D eigenvalue weighted by Crippen LogP contribution is -2.52. The molecule has 1 saturated heterocycles. The molecule has 27 heavy (non-hydrogen) atoms. The van der Waals surface area contributed by atoms with Gasteiger partial charge in [-0.15, -0.1) is 0 Å². The molecule has 2 heterocycles. The monoisotopic (exact) mass is 369 g/mol. The summed E-state index contributed by atoms with van der Waals surface area (Å²) in [7, 11) is 0. The molecule has 1 aromatic carbocycles. The number of pyridine rings is 1. The molecule has 7 nitrogen and oxygen atoms in total. The first-order valence-electron chi connectivity index (χ1n) is 8.94. The third-order valence-electron chi connectivity index (χ3n) is 4.27. The Morgan fingerprint density at radius 2 is 1.96 bits per heavy atom. The fourth-order valence-electron chi connectivity index (χ4n) is 2.83. The second-order valence-electron chi connectivity index (χ2n) is 6.26. The van der Waals surface area contributed by atoms with E-state index in [1.54, 1.807) is 30.5 Å². The van der Waals surface area contributed by atoms with Crippen LogP contribution in [-0.2, 0) is 20.9 Å². The first-order valence-corrected chi connectivity index (χ1v) is 8.94. The summed E-state index contributed by atoms with van der Waals surface area (Å²) in [6.45, 7) is 1.24. The van der Waals surface area contributed by atoms with E-state index in [9.17, 15) is 9.59 Å². The Kier molecular flexibility index (Phi) is 6.90. The minimum atomic E-state index is -0.277. The van der Waals surface area contributed by atoms with Gasteiger partial charge in [-0.2, -0.15) is 0 Å². The third-order valence-corrected chi connectivity index (χ3v) is 4.27. The van der Waals surface area contributed by atoms with E-state index in [2.05, 4.69) is 15.6 Å². The molecule has 0 saturated carbocycles. The van der Waals surface area contributed by atoms with Crippen LogP contribution in [0, 0.1) is 0 Å². The number of nitrogens with one attached hydrogen (secondary N) is 2. The molecule has 2 amide bonds.